The number of benzene rings is 5. The molecule has 5 atom stereocenters. The summed E-state index contributed by atoms with van der Waals surface area (Å²) in [4.78, 5) is 0. The first-order valence-corrected chi connectivity index (χ1v) is 19.4. The quantitative estimate of drug-likeness (QED) is 0.182. The average molecular weight is 669 g/mol. The Hall–Kier alpha value is -5.44. The summed E-state index contributed by atoms with van der Waals surface area (Å²) in [5.41, 5.74) is 19.8. The molecule has 0 saturated heterocycles. The number of hydrogen-bond acceptors (Lipinski definition) is 1. The highest BCUT2D eigenvalue weighted by atomic mass is 15.0. The number of rotatable bonds is 2. The molecule has 5 unspecified atom stereocenters. The minimum Gasteiger partial charge on any atom is -0.310 e. The van der Waals surface area contributed by atoms with Crippen molar-refractivity contribution in [3.63, 3.8) is 0 Å². The average Bonchev–Trinajstić information content (AvgIpc) is 3.83. The van der Waals surface area contributed by atoms with Gasteiger partial charge < -0.3 is 4.57 Å². The largest absolute Gasteiger partial charge is 0.310 e. The van der Waals surface area contributed by atoms with Crippen molar-refractivity contribution in [3.8, 4) is 16.8 Å². The topological polar surface area (TPSA) is 17.0 Å². The molecule has 6 aliphatic rings. The van der Waals surface area contributed by atoms with Crippen molar-refractivity contribution in [2.45, 2.75) is 55.5 Å². The van der Waals surface area contributed by atoms with E-state index in [9.17, 15) is 0 Å². The molecule has 0 saturated carbocycles. The molecule has 5 aliphatic carbocycles. The lowest BCUT2D eigenvalue weighted by molar-refractivity contribution is 0.351. The Kier molecular flexibility index (Phi) is 6.05. The van der Waals surface area contributed by atoms with Crippen LogP contribution < -0.4 is 5.32 Å². The van der Waals surface area contributed by atoms with Gasteiger partial charge in [-0.2, -0.15) is 0 Å². The summed E-state index contributed by atoms with van der Waals surface area (Å²) >= 11 is 0. The van der Waals surface area contributed by atoms with Gasteiger partial charge in [0.2, 0.25) is 0 Å². The minimum absolute atomic E-state index is 0.100. The summed E-state index contributed by atoms with van der Waals surface area (Å²) in [5, 5.41) is 5.53. The zero-order valence-electron chi connectivity index (χ0n) is 29.2. The zero-order valence-corrected chi connectivity index (χ0v) is 29.2. The fourth-order valence-corrected chi connectivity index (χ4v) is 11.5. The lowest BCUT2D eigenvalue weighted by Gasteiger charge is -2.40. The zero-order chi connectivity index (χ0) is 34.0. The highest BCUT2D eigenvalue weighted by molar-refractivity contribution is 5.96. The van der Waals surface area contributed by atoms with E-state index in [4.69, 9.17) is 0 Å². The van der Waals surface area contributed by atoms with E-state index in [1.54, 1.807) is 0 Å². The molecule has 52 heavy (non-hydrogen) atoms. The second-order valence-corrected chi connectivity index (χ2v) is 15.7. The first-order valence-electron chi connectivity index (χ1n) is 19.4. The minimum atomic E-state index is -0.136. The van der Waals surface area contributed by atoms with Gasteiger partial charge in [0, 0.05) is 28.7 Å². The van der Waals surface area contributed by atoms with Crippen molar-refractivity contribution in [1.29, 1.82) is 0 Å². The second kappa shape index (κ2) is 10.8. The summed E-state index contributed by atoms with van der Waals surface area (Å²) in [6.45, 7) is 0. The van der Waals surface area contributed by atoms with E-state index in [-0.39, 0.29) is 17.5 Å². The van der Waals surface area contributed by atoms with Crippen LogP contribution in [-0.2, 0) is 11.8 Å². The van der Waals surface area contributed by atoms with Crippen LogP contribution in [0.1, 0.15) is 87.8 Å². The Morgan fingerprint density at radius 2 is 1.54 bits per heavy atom. The molecule has 0 radical (unpaired) electrons. The van der Waals surface area contributed by atoms with Gasteiger partial charge >= 0.3 is 0 Å². The summed E-state index contributed by atoms with van der Waals surface area (Å²) < 4.78 is 2.47. The van der Waals surface area contributed by atoms with Gasteiger partial charge in [-0.15, -0.1) is 0 Å². The highest BCUT2D eigenvalue weighted by Crippen LogP contribution is 2.67. The number of fused-ring (bicyclic) bond motifs is 17. The molecule has 250 valence electrons. The molecule has 2 nitrogen and oxygen atoms in total. The predicted octanol–water partition coefficient (Wildman–Crippen LogP) is 11.4. The number of aromatic nitrogens is 1. The summed E-state index contributed by atoms with van der Waals surface area (Å²) in [7, 11) is 0. The second-order valence-electron chi connectivity index (χ2n) is 15.7. The molecule has 1 aromatic heterocycles. The number of allylic oxidation sites excluding steroid dienone is 5. The number of aryl methyl sites for hydroxylation is 1. The first kappa shape index (κ1) is 29.2. The van der Waals surface area contributed by atoms with Crippen LogP contribution in [0.2, 0.25) is 0 Å². The van der Waals surface area contributed by atoms with E-state index in [1.807, 2.05) is 0 Å². The molecule has 2 heterocycles. The van der Waals surface area contributed by atoms with Crippen molar-refractivity contribution in [2.75, 3.05) is 0 Å². The Balaban J connectivity index is 1.06. The Morgan fingerprint density at radius 1 is 0.692 bits per heavy atom. The van der Waals surface area contributed by atoms with Crippen molar-refractivity contribution in [2.24, 2.45) is 5.92 Å². The van der Waals surface area contributed by atoms with Crippen LogP contribution in [0.15, 0.2) is 146 Å². The number of nitrogens with zero attached hydrogens (tertiary/aromatic N) is 1. The van der Waals surface area contributed by atoms with E-state index in [2.05, 4.69) is 162 Å². The van der Waals surface area contributed by atoms with E-state index in [0.29, 0.717) is 11.8 Å². The lowest BCUT2D eigenvalue weighted by Crippen LogP contribution is -2.40. The standard InChI is InChI=1S/C50H40N2/c1-7-19-40-33(13-1)34-14-2-8-20-41(34)50(40)42-21-9-3-17-37(42)48-43(50)30-29-39-47(48)38-18-4-10-22-44(38)51-49(39)31-25-27-32(28-26-31)52-45-23-11-5-15-35(45)36-16-6-12-24-46(36)52/h1-5,7,9-15,17-19,21,23-30,34,41,44,49,51H,6,8,16,20,22H2. The fraction of sp³-hybridized carbons (Fsp3) is 0.200. The van der Waals surface area contributed by atoms with Crippen LogP contribution in [0.4, 0.5) is 0 Å². The molecular formula is C50H40N2. The monoisotopic (exact) mass is 668 g/mol. The molecule has 5 aromatic carbocycles. The number of hydrogen-bond donors (Lipinski definition) is 1. The van der Waals surface area contributed by atoms with E-state index in [1.165, 1.54) is 89.9 Å². The molecule has 0 fully saturated rings. The fourth-order valence-electron chi connectivity index (χ4n) is 11.5. The molecule has 6 aromatic rings. The molecule has 0 bridgehead atoms. The van der Waals surface area contributed by atoms with E-state index >= 15 is 0 Å². The van der Waals surface area contributed by atoms with Gasteiger partial charge in [-0.25, -0.2) is 0 Å². The molecule has 1 spiro atoms. The SMILES string of the molecule is C1=CCC2NC(c3ccc(-n4c5c(c6ccccc64)CCC=C5)cc3)c3ccc4c(c3C2=C1)-c1ccccc1C41c2ccccc2C2C=CCCC21. The predicted molar refractivity (Wildman–Crippen MR) is 214 cm³/mol. The van der Waals surface area contributed by atoms with Gasteiger partial charge in [0.1, 0.15) is 0 Å². The van der Waals surface area contributed by atoms with Crippen LogP contribution >= 0.6 is 0 Å². The van der Waals surface area contributed by atoms with Gasteiger partial charge in [0.05, 0.1) is 17.0 Å². The third kappa shape index (κ3) is 3.68. The normalized spacial score (nSPS) is 25.6. The van der Waals surface area contributed by atoms with Crippen molar-refractivity contribution in [3.05, 3.63) is 196 Å². The maximum atomic E-state index is 4.15. The lowest BCUT2D eigenvalue weighted by atomic mass is 9.63. The molecular weight excluding hydrogens is 629 g/mol. The van der Waals surface area contributed by atoms with Crippen LogP contribution in [-0.4, -0.2) is 10.6 Å². The van der Waals surface area contributed by atoms with Gasteiger partial charge in [0.15, 0.2) is 0 Å². The molecule has 12 rings (SSSR count). The molecule has 2 heteroatoms. The summed E-state index contributed by atoms with van der Waals surface area (Å²) in [6.07, 6.45) is 22.2. The molecule has 1 N–H and O–H groups in total. The van der Waals surface area contributed by atoms with Crippen LogP contribution in [0.25, 0.3) is 39.4 Å². The summed E-state index contributed by atoms with van der Waals surface area (Å²) in [5.74, 6) is 0.970. The maximum Gasteiger partial charge on any atom is 0.0587 e. The van der Waals surface area contributed by atoms with E-state index < -0.39 is 0 Å². The van der Waals surface area contributed by atoms with Crippen LogP contribution in [0, 0.1) is 5.92 Å². The number of nitrogens with one attached hydrogen (secondary N) is 1. The maximum absolute atomic E-state index is 4.15. The molecule has 0 amide bonds. The third-order valence-corrected chi connectivity index (χ3v) is 13.5. The highest BCUT2D eigenvalue weighted by Gasteiger charge is 2.58. The number of para-hydroxylation sites is 1. The van der Waals surface area contributed by atoms with Gasteiger partial charge in [-0.05, 0) is 124 Å². The van der Waals surface area contributed by atoms with E-state index in [0.717, 1.165) is 25.7 Å². The Bertz CT molecular complexity index is 2610. The third-order valence-electron chi connectivity index (χ3n) is 13.5. The first-order chi connectivity index (χ1) is 25.8. The van der Waals surface area contributed by atoms with Crippen molar-refractivity contribution in [1.82, 2.24) is 9.88 Å². The summed E-state index contributed by atoms with van der Waals surface area (Å²) in [6, 6.07) is 42.6. The van der Waals surface area contributed by atoms with Crippen LogP contribution in [0.3, 0.4) is 0 Å². The van der Waals surface area contributed by atoms with Gasteiger partial charge in [0.25, 0.3) is 0 Å². The van der Waals surface area contributed by atoms with Gasteiger partial charge in [-0.3, -0.25) is 5.32 Å². The van der Waals surface area contributed by atoms with Crippen LogP contribution in [0.5, 0.6) is 0 Å². The van der Waals surface area contributed by atoms with Gasteiger partial charge in [-0.1, -0.05) is 127 Å². The Labute approximate surface area is 305 Å². The van der Waals surface area contributed by atoms with Crippen molar-refractivity contribution < 1.29 is 0 Å². The molecule has 1 aliphatic heterocycles. The Morgan fingerprint density at radius 3 is 2.48 bits per heavy atom. The van der Waals surface area contributed by atoms with Crippen molar-refractivity contribution >= 4 is 22.6 Å². The smallest absolute Gasteiger partial charge is 0.0587 e.